The van der Waals surface area contributed by atoms with E-state index in [-0.39, 0.29) is 0 Å². The number of nitrogens with one attached hydrogen (secondary N) is 1. The van der Waals surface area contributed by atoms with Gasteiger partial charge in [0.2, 0.25) is 0 Å². The number of benzene rings is 1. The molecule has 2 nitrogen and oxygen atoms in total. The third-order valence-electron chi connectivity index (χ3n) is 3.13. The van der Waals surface area contributed by atoms with Crippen LogP contribution >= 0.6 is 0 Å². The van der Waals surface area contributed by atoms with Crippen LogP contribution in [0.5, 0.6) is 5.75 Å². The Hall–Kier alpha value is -2.01. The Balaban J connectivity index is 0.00000127. The molecule has 1 saturated heterocycles. The lowest BCUT2D eigenvalue weighted by molar-refractivity contribution is -0.137. The molecule has 23 heavy (non-hydrogen) atoms. The van der Waals surface area contributed by atoms with Crippen LogP contribution in [0.25, 0.3) is 0 Å². The summed E-state index contributed by atoms with van der Waals surface area (Å²) in [6, 6.07) is 4.53. The highest BCUT2D eigenvalue weighted by atomic mass is 19.4. The summed E-state index contributed by atoms with van der Waals surface area (Å²) in [7, 11) is 0. The number of alkyl halides is 3. The number of hydrogen-bond acceptors (Lipinski definition) is 2. The van der Waals surface area contributed by atoms with Crippen molar-refractivity contribution in [2.24, 2.45) is 0 Å². The second-order valence-corrected chi connectivity index (χ2v) is 4.79. The predicted octanol–water partition coefficient (Wildman–Crippen LogP) is 5.10. The van der Waals surface area contributed by atoms with Crippen LogP contribution in [0, 0.1) is 0 Å². The van der Waals surface area contributed by atoms with E-state index in [1.807, 2.05) is 13.8 Å². The highest BCUT2D eigenvalue weighted by Crippen LogP contribution is 2.30. The van der Waals surface area contributed by atoms with Crippen LogP contribution in [0.4, 0.5) is 13.2 Å². The first-order chi connectivity index (χ1) is 10.9. The molecule has 0 amide bonds. The maximum Gasteiger partial charge on any atom is 0.416 e. The molecule has 126 valence electrons. The molecule has 0 atom stereocenters. The number of hydrogen-bond donors (Lipinski definition) is 1. The Morgan fingerprint density at radius 2 is 1.83 bits per heavy atom. The highest BCUT2D eigenvalue weighted by Gasteiger charge is 2.30. The molecule has 1 fully saturated rings. The van der Waals surface area contributed by atoms with Gasteiger partial charge in [0.25, 0.3) is 0 Å². The Labute approximate surface area is 135 Å². The van der Waals surface area contributed by atoms with Crippen LogP contribution in [0.2, 0.25) is 0 Å². The summed E-state index contributed by atoms with van der Waals surface area (Å²) in [4.78, 5) is 0. The summed E-state index contributed by atoms with van der Waals surface area (Å²) in [5.41, 5.74) is 1.31. The molecular formula is C18H22F3NO. The summed E-state index contributed by atoms with van der Waals surface area (Å²) in [5, 5.41) is 3.19. The smallest absolute Gasteiger partial charge is 0.416 e. The summed E-state index contributed by atoms with van der Waals surface area (Å²) in [6.07, 6.45) is -1.74. The molecule has 0 saturated carbocycles. The second-order valence-electron chi connectivity index (χ2n) is 4.79. The van der Waals surface area contributed by atoms with Crippen LogP contribution < -0.4 is 10.1 Å². The fraction of sp³-hybridized carbons (Fsp3) is 0.333. The number of piperidine rings is 1. The standard InChI is InChI=1S/C16H16F3NO.C2H6/c1-11-10-20-8-7-13(11)9-12(2)21-15-5-3-14(4-6-15)16(17,18)19;1-2/h3-6,9,20H,1-2,7-8,10H2;1-2H3/b13-9-;. The van der Waals surface area contributed by atoms with Crippen molar-refractivity contribution in [1.29, 1.82) is 0 Å². The van der Waals surface area contributed by atoms with Crippen molar-refractivity contribution in [2.75, 3.05) is 13.1 Å². The second kappa shape index (κ2) is 8.58. The van der Waals surface area contributed by atoms with Gasteiger partial charge in [0.1, 0.15) is 11.5 Å². The van der Waals surface area contributed by atoms with Crippen LogP contribution in [-0.2, 0) is 6.18 Å². The zero-order chi connectivity index (χ0) is 17.5. The first-order valence-corrected chi connectivity index (χ1v) is 7.50. The lowest BCUT2D eigenvalue weighted by Gasteiger charge is -2.18. The monoisotopic (exact) mass is 325 g/mol. The summed E-state index contributed by atoms with van der Waals surface area (Å²) < 4.78 is 42.8. The molecule has 0 radical (unpaired) electrons. The van der Waals surface area contributed by atoms with E-state index < -0.39 is 11.7 Å². The van der Waals surface area contributed by atoms with Crippen molar-refractivity contribution in [3.8, 4) is 5.75 Å². The fourth-order valence-electron chi connectivity index (χ4n) is 2.01. The van der Waals surface area contributed by atoms with Gasteiger partial charge in [0.15, 0.2) is 0 Å². The molecule has 1 aromatic rings. The minimum absolute atomic E-state index is 0.324. The van der Waals surface area contributed by atoms with E-state index in [0.29, 0.717) is 11.5 Å². The molecule has 0 spiro atoms. The largest absolute Gasteiger partial charge is 0.458 e. The molecule has 1 aliphatic rings. The third kappa shape index (κ3) is 5.94. The number of ether oxygens (including phenoxy) is 1. The van der Waals surface area contributed by atoms with E-state index in [9.17, 15) is 13.2 Å². The summed E-state index contributed by atoms with van der Waals surface area (Å²) >= 11 is 0. The Morgan fingerprint density at radius 3 is 2.35 bits per heavy atom. The summed E-state index contributed by atoms with van der Waals surface area (Å²) in [5.74, 6) is 0.706. The molecule has 1 aromatic carbocycles. The average molecular weight is 325 g/mol. The van der Waals surface area contributed by atoms with Crippen molar-refractivity contribution in [1.82, 2.24) is 5.32 Å². The first-order valence-electron chi connectivity index (χ1n) is 7.50. The van der Waals surface area contributed by atoms with E-state index in [4.69, 9.17) is 4.74 Å². The molecule has 0 bridgehead atoms. The predicted molar refractivity (Wildman–Crippen MR) is 87.3 cm³/mol. The number of rotatable bonds is 3. The molecule has 5 heteroatoms. The molecule has 1 N–H and O–H groups in total. The maximum atomic E-state index is 12.5. The van der Waals surface area contributed by atoms with Crippen molar-refractivity contribution < 1.29 is 17.9 Å². The lowest BCUT2D eigenvalue weighted by atomic mass is 10.0. The van der Waals surface area contributed by atoms with Gasteiger partial charge in [-0.1, -0.05) is 27.0 Å². The van der Waals surface area contributed by atoms with Crippen LogP contribution in [0.1, 0.15) is 25.8 Å². The van der Waals surface area contributed by atoms with Gasteiger partial charge in [-0.25, -0.2) is 0 Å². The van der Waals surface area contributed by atoms with Gasteiger partial charge in [-0.15, -0.1) is 0 Å². The zero-order valence-electron chi connectivity index (χ0n) is 13.5. The molecule has 0 unspecified atom stereocenters. The minimum Gasteiger partial charge on any atom is -0.458 e. The van der Waals surface area contributed by atoms with Crippen LogP contribution in [0.15, 0.2) is 60.4 Å². The van der Waals surface area contributed by atoms with Crippen LogP contribution in [0.3, 0.4) is 0 Å². The van der Waals surface area contributed by atoms with Crippen molar-refractivity contribution in [3.63, 3.8) is 0 Å². The topological polar surface area (TPSA) is 21.3 Å². The van der Waals surface area contributed by atoms with Gasteiger partial charge in [-0.2, -0.15) is 13.2 Å². The molecule has 1 aliphatic heterocycles. The zero-order valence-corrected chi connectivity index (χ0v) is 13.5. The fourth-order valence-corrected chi connectivity index (χ4v) is 2.01. The molecule has 0 aliphatic carbocycles. The van der Waals surface area contributed by atoms with Gasteiger partial charge in [0, 0.05) is 6.54 Å². The van der Waals surface area contributed by atoms with Gasteiger partial charge in [-0.05, 0) is 54.5 Å². The van der Waals surface area contributed by atoms with E-state index in [1.54, 1.807) is 6.08 Å². The maximum absolute atomic E-state index is 12.5. The van der Waals surface area contributed by atoms with Crippen molar-refractivity contribution in [2.45, 2.75) is 26.4 Å². The van der Waals surface area contributed by atoms with Gasteiger partial charge < -0.3 is 10.1 Å². The Bertz CT molecular complexity index is 571. The normalized spacial score (nSPS) is 16.6. The molecular weight excluding hydrogens is 303 g/mol. The first kappa shape index (κ1) is 19.0. The van der Waals surface area contributed by atoms with E-state index in [0.717, 1.165) is 42.8 Å². The van der Waals surface area contributed by atoms with Gasteiger partial charge >= 0.3 is 6.18 Å². The highest BCUT2D eigenvalue weighted by molar-refractivity contribution is 5.37. The van der Waals surface area contributed by atoms with E-state index >= 15 is 0 Å². The number of allylic oxidation sites excluding steroid dienone is 1. The van der Waals surface area contributed by atoms with Crippen molar-refractivity contribution >= 4 is 0 Å². The van der Waals surface area contributed by atoms with E-state index in [2.05, 4.69) is 18.5 Å². The SMILES string of the molecule is C=C(/C=C1/CCNCC1=C)Oc1ccc(C(F)(F)F)cc1.CC. The number of halogens is 3. The Morgan fingerprint density at radius 1 is 1.22 bits per heavy atom. The van der Waals surface area contributed by atoms with Gasteiger partial charge in [-0.3, -0.25) is 0 Å². The molecule has 0 aromatic heterocycles. The lowest BCUT2D eigenvalue weighted by Crippen LogP contribution is -2.25. The Kier molecular flexibility index (Phi) is 7.10. The average Bonchev–Trinajstić information content (AvgIpc) is 2.51. The van der Waals surface area contributed by atoms with Gasteiger partial charge in [0.05, 0.1) is 5.56 Å². The minimum atomic E-state index is -4.34. The van der Waals surface area contributed by atoms with Crippen molar-refractivity contribution in [3.05, 3.63) is 66.0 Å². The summed E-state index contributed by atoms with van der Waals surface area (Å²) in [6.45, 7) is 13.3. The van der Waals surface area contributed by atoms with Crippen LogP contribution in [-0.4, -0.2) is 13.1 Å². The molecule has 1 heterocycles. The molecule has 2 rings (SSSR count). The van der Waals surface area contributed by atoms with E-state index in [1.165, 1.54) is 12.1 Å². The quantitative estimate of drug-likeness (QED) is 0.781. The third-order valence-corrected chi connectivity index (χ3v) is 3.13.